The third-order valence-electron chi connectivity index (χ3n) is 6.28. The van der Waals surface area contributed by atoms with Crippen LogP contribution in [0.2, 0.25) is 0 Å². The van der Waals surface area contributed by atoms with Gasteiger partial charge in [-0.25, -0.2) is 4.79 Å². The number of alkyl halides is 3. The highest BCUT2D eigenvalue weighted by Crippen LogP contribution is 2.43. The van der Waals surface area contributed by atoms with Crippen LogP contribution in [0.3, 0.4) is 0 Å². The van der Waals surface area contributed by atoms with Crippen molar-refractivity contribution in [2.45, 2.75) is 43.3 Å². The van der Waals surface area contributed by atoms with Crippen molar-refractivity contribution in [2.24, 2.45) is 5.92 Å². The molecule has 0 radical (unpaired) electrons. The van der Waals surface area contributed by atoms with Crippen molar-refractivity contribution in [1.82, 2.24) is 10.2 Å². The van der Waals surface area contributed by atoms with Gasteiger partial charge in [-0.2, -0.15) is 13.2 Å². The molecule has 3 aliphatic rings. The maximum absolute atomic E-state index is 12.9. The van der Waals surface area contributed by atoms with Crippen molar-refractivity contribution < 1.29 is 32.2 Å². The third kappa shape index (κ3) is 3.74. The highest BCUT2D eigenvalue weighted by Gasteiger charge is 2.53. The van der Waals surface area contributed by atoms with Crippen molar-refractivity contribution in [3.8, 4) is 5.75 Å². The Labute approximate surface area is 166 Å². The SMILES string of the molecule is COc1cc(C(F)(F)F)ccc1C1CCN(C(=O)C2CC3(COC(=O)N3)C2)CC1. The summed E-state index contributed by atoms with van der Waals surface area (Å²) in [7, 11) is 1.37. The number of amides is 2. The molecule has 6 nitrogen and oxygen atoms in total. The summed E-state index contributed by atoms with van der Waals surface area (Å²) in [4.78, 5) is 25.8. The maximum atomic E-state index is 12.9. The first-order valence-corrected chi connectivity index (χ1v) is 9.70. The Bertz CT molecular complexity index is 812. The summed E-state index contributed by atoms with van der Waals surface area (Å²) in [5.74, 6) is 0.248. The summed E-state index contributed by atoms with van der Waals surface area (Å²) in [6.07, 6.45) is -2.32. The molecule has 2 amide bonds. The van der Waals surface area contributed by atoms with Gasteiger partial charge in [0.25, 0.3) is 0 Å². The number of benzene rings is 1. The maximum Gasteiger partial charge on any atom is 0.416 e. The van der Waals surface area contributed by atoms with Gasteiger partial charge >= 0.3 is 12.3 Å². The topological polar surface area (TPSA) is 67.9 Å². The normalized spacial score (nSPS) is 27.4. The van der Waals surface area contributed by atoms with E-state index in [2.05, 4.69) is 5.32 Å². The Hall–Kier alpha value is -2.45. The van der Waals surface area contributed by atoms with Crippen molar-refractivity contribution in [3.05, 3.63) is 29.3 Å². The molecule has 9 heteroatoms. The molecule has 3 fully saturated rings. The van der Waals surface area contributed by atoms with Gasteiger partial charge in [-0.3, -0.25) is 4.79 Å². The van der Waals surface area contributed by atoms with Gasteiger partial charge in [0.1, 0.15) is 12.4 Å². The molecule has 0 bridgehead atoms. The van der Waals surface area contributed by atoms with Crippen LogP contribution in [0.15, 0.2) is 18.2 Å². The van der Waals surface area contributed by atoms with E-state index in [1.165, 1.54) is 13.2 Å². The molecule has 0 aromatic heterocycles. The van der Waals surface area contributed by atoms with Crippen LogP contribution in [0.4, 0.5) is 18.0 Å². The Morgan fingerprint density at radius 2 is 1.97 bits per heavy atom. The molecule has 1 saturated carbocycles. The molecule has 1 N–H and O–H groups in total. The number of likely N-dealkylation sites (tertiary alicyclic amines) is 1. The Morgan fingerprint density at radius 1 is 1.28 bits per heavy atom. The number of ether oxygens (including phenoxy) is 2. The minimum atomic E-state index is -4.41. The Balaban J connectivity index is 1.35. The first kappa shape index (κ1) is 19.8. The average molecular weight is 412 g/mol. The van der Waals surface area contributed by atoms with E-state index < -0.39 is 17.8 Å². The van der Waals surface area contributed by atoms with E-state index in [4.69, 9.17) is 9.47 Å². The predicted octanol–water partition coefficient (Wildman–Crippen LogP) is 3.31. The monoisotopic (exact) mass is 412 g/mol. The molecule has 0 atom stereocenters. The largest absolute Gasteiger partial charge is 0.496 e. The number of piperidine rings is 1. The van der Waals surface area contributed by atoms with E-state index >= 15 is 0 Å². The molecular formula is C20H23F3N2O4. The van der Waals surface area contributed by atoms with Gasteiger partial charge in [-0.05, 0) is 49.3 Å². The fourth-order valence-corrected chi connectivity index (χ4v) is 4.66. The van der Waals surface area contributed by atoms with Gasteiger partial charge in [0.15, 0.2) is 0 Å². The smallest absolute Gasteiger partial charge is 0.416 e. The third-order valence-corrected chi connectivity index (χ3v) is 6.28. The summed E-state index contributed by atoms with van der Waals surface area (Å²) in [6, 6.07) is 3.61. The van der Waals surface area contributed by atoms with Crippen LogP contribution in [0, 0.1) is 5.92 Å². The quantitative estimate of drug-likeness (QED) is 0.827. The fraction of sp³-hybridized carbons (Fsp3) is 0.600. The van der Waals surface area contributed by atoms with Gasteiger partial charge in [0.05, 0.1) is 18.2 Å². The standard InChI is InChI=1S/C20H23F3N2O4/c1-28-16-8-14(20(21,22)23)2-3-15(16)12-4-6-25(7-5-12)17(26)13-9-19(10-13)11-29-18(27)24-19/h2-3,8,12-13H,4-7,9-11H2,1H3,(H,24,27). The summed E-state index contributed by atoms with van der Waals surface area (Å²) in [5, 5.41) is 2.78. The fourth-order valence-electron chi connectivity index (χ4n) is 4.66. The number of cyclic esters (lactones) is 1. The molecule has 1 spiro atoms. The molecule has 0 unspecified atom stereocenters. The molecule has 29 heavy (non-hydrogen) atoms. The van der Waals surface area contributed by atoms with E-state index in [9.17, 15) is 22.8 Å². The van der Waals surface area contributed by atoms with Gasteiger partial charge in [0, 0.05) is 19.0 Å². The minimum Gasteiger partial charge on any atom is -0.496 e. The van der Waals surface area contributed by atoms with Crippen LogP contribution in [0.25, 0.3) is 0 Å². The molecule has 4 rings (SSSR count). The summed E-state index contributed by atoms with van der Waals surface area (Å²) < 4.78 is 49.0. The molecule has 158 valence electrons. The minimum absolute atomic E-state index is 0.0477. The molecule has 2 heterocycles. The number of hydrogen-bond acceptors (Lipinski definition) is 4. The lowest BCUT2D eigenvalue weighted by Gasteiger charge is -2.45. The molecule has 1 aromatic carbocycles. The number of nitrogens with zero attached hydrogens (tertiary/aromatic N) is 1. The molecule has 1 aliphatic carbocycles. The van der Waals surface area contributed by atoms with E-state index in [0.29, 0.717) is 45.4 Å². The van der Waals surface area contributed by atoms with Gasteiger partial charge in [-0.1, -0.05) is 6.07 Å². The van der Waals surface area contributed by atoms with Gasteiger partial charge < -0.3 is 19.7 Å². The van der Waals surface area contributed by atoms with Crippen LogP contribution in [-0.4, -0.2) is 49.2 Å². The van der Waals surface area contributed by atoms with Crippen molar-refractivity contribution >= 4 is 12.0 Å². The number of alkyl carbamates (subject to hydrolysis) is 1. The number of carbonyl (C=O) groups is 2. The highest BCUT2D eigenvalue weighted by molar-refractivity contribution is 5.81. The molecule has 2 aliphatic heterocycles. The van der Waals surface area contributed by atoms with Crippen LogP contribution < -0.4 is 10.1 Å². The second kappa shape index (κ2) is 7.11. The zero-order valence-electron chi connectivity index (χ0n) is 16.1. The van der Waals surface area contributed by atoms with Crippen LogP contribution in [-0.2, 0) is 15.7 Å². The first-order valence-electron chi connectivity index (χ1n) is 9.70. The number of hydrogen-bond donors (Lipinski definition) is 1. The molecule has 2 saturated heterocycles. The van der Waals surface area contributed by atoms with E-state index in [0.717, 1.165) is 17.7 Å². The van der Waals surface area contributed by atoms with Crippen LogP contribution >= 0.6 is 0 Å². The average Bonchev–Trinajstić information content (AvgIpc) is 3.07. The lowest BCUT2D eigenvalue weighted by Crippen LogP contribution is -2.58. The predicted molar refractivity (Wildman–Crippen MR) is 96.5 cm³/mol. The lowest BCUT2D eigenvalue weighted by molar-refractivity contribution is -0.142. The number of carbonyl (C=O) groups excluding carboxylic acids is 2. The number of halogens is 3. The van der Waals surface area contributed by atoms with Gasteiger partial charge in [-0.15, -0.1) is 0 Å². The van der Waals surface area contributed by atoms with Crippen LogP contribution in [0.5, 0.6) is 5.75 Å². The van der Waals surface area contributed by atoms with Crippen molar-refractivity contribution in [2.75, 3.05) is 26.8 Å². The van der Waals surface area contributed by atoms with Crippen molar-refractivity contribution in [1.29, 1.82) is 0 Å². The van der Waals surface area contributed by atoms with Crippen LogP contribution in [0.1, 0.15) is 42.7 Å². The zero-order chi connectivity index (χ0) is 20.8. The van der Waals surface area contributed by atoms with E-state index in [1.807, 2.05) is 4.90 Å². The summed E-state index contributed by atoms with van der Waals surface area (Å²) in [5.41, 5.74) is -0.364. The number of rotatable bonds is 3. The Morgan fingerprint density at radius 3 is 2.52 bits per heavy atom. The second-order valence-corrected chi connectivity index (χ2v) is 8.14. The first-order chi connectivity index (χ1) is 13.7. The number of nitrogens with one attached hydrogen (secondary N) is 1. The van der Waals surface area contributed by atoms with E-state index in [-0.39, 0.29) is 29.0 Å². The second-order valence-electron chi connectivity index (χ2n) is 8.14. The summed E-state index contributed by atoms with van der Waals surface area (Å²) >= 11 is 0. The van der Waals surface area contributed by atoms with Gasteiger partial charge in [0.2, 0.25) is 5.91 Å². The number of methoxy groups -OCH3 is 1. The van der Waals surface area contributed by atoms with Crippen molar-refractivity contribution in [3.63, 3.8) is 0 Å². The summed E-state index contributed by atoms with van der Waals surface area (Å²) in [6.45, 7) is 1.42. The van der Waals surface area contributed by atoms with E-state index in [1.54, 1.807) is 0 Å². The Kier molecular flexibility index (Phi) is 4.86. The highest BCUT2D eigenvalue weighted by atomic mass is 19.4. The lowest BCUT2D eigenvalue weighted by atomic mass is 9.68. The molecule has 1 aromatic rings. The molecular weight excluding hydrogens is 389 g/mol. The zero-order valence-corrected chi connectivity index (χ0v) is 16.1.